The highest BCUT2D eigenvalue weighted by Gasteiger charge is 2.46. The summed E-state index contributed by atoms with van der Waals surface area (Å²) in [4.78, 5) is 11.8. The van der Waals surface area contributed by atoms with Crippen LogP contribution >= 0.6 is 22.6 Å². The Kier molecular flexibility index (Phi) is 3.43. The lowest BCUT2D eigenvalue weighted by atomic mass is 9.94. The molecule has 0 aromatic heterocycles. The van der Waals surface area contributed by atoms with Crippen molar-refractivity contribution in [3.8, 4) is 0 Å². The van der Waals surface area contributed by atoms with Crippen LogP contribution in [0.3, 0.4) is 0 Å². The molecule has 1 aromatic carbocycles. The van der Waals surface area contributed by atoms with Crippen LogP contribution in [0, 0.1) is 9.49 Å². The van der Waals surface area contributed by atoms with E-state index in [4.69, 9.17) is 9.47 Å². The Morgan fingerprint density at radius 1 is 1.28 bits per heavy atom. The number of carbonyl (C=O) groups is 1. The first-order valence-corrected chi connectivity index (χ1v) is 7.16. The SMILES string of the molecule is O=C1O[C@H]2OCCC[C@@H]2[C@@H]1Nc1ccc(I)cc1. The Balaban J connectivity index is 1.75. The average molecular weight is 359 g/mol. The quantitative estimate of drug-likeness (QED) is 0.651. The first kappa shape index (κ1) is 12.2. The van der Waals surface area contributed by atoms with Gasteiger partial charge in [0.2, 0.25) is 6.29 Å². The van der Waals surface area contributed by atoms with Crippen molar-refractivity contribution in [1.29, 1.82) is 0 Å². The van der Waals surface area contributed by atoms with Gasteiger partial charge >= 0.3 is 5.97 Å². The van der Waals surface area contributed by atoms with Crippen LogP contribution in [0.25, 0.3) is 0 Å². The number of hydrogen-bond donors (Lipinski definition) is 1. The fraction of sp³-hybridized carbons (Fsp3) is 0.462. The van der Waals surface area contributed by atoms with Crippen LogP contribution < -0.4 is 5.32 Å². The van der Waals surface area contributed by atoms with Gasteiger partial charge in [-0.2, -0.15) is 0 Å². The number of ether oxygens (including phenoxy) is 2. The van der Waals surface area contributed by atoms with Crippen molar-refractivity contribution in [2.24, 2.45) is 5.92 Å². The molecule has 2 aliphatic heterocycles. The summed E-state index contributed by atoms with van der Waals surface area (Å²) in [7, 11) is 0. The third kappa shape index (κ3) is 2.33. The molecule has 0 unspecified atom stereocenters. The first-order valence-electron chi connectivity index (χ1n) is 6.08. The summed E-state index contributed by atoms with van der Waals surface area (Å²) in [6, 6.07) is 7.70. The Morgan fingerprint density at radius 2 is 2.06 bits per heavy atom. The molecule has 2 fully saturated rings. The molecular formula is C13H14INO3. The lowest BCUT2D eigenvalue weighted by molar-refractivity contribution is -0.174. The number of rotatable bonds is 2. The summed E-state index contributed by atoms with van der Waals surface area (Å²) in [5.41, 5.74) is 0.948. The van der Waals surface area contributed by atoms with Gasteiger partial charge in [-0.15, -0.1) is 0 Å². The maximum atomic E-state index is 11.8. The number of nitrogens with one attached hydrogen (secondary N) is 1. The molecule has 1 N–H and O–H groups in total. The van der Waals surface area contributed by atoms with Gasteiger partial charge in [0.05, 0.1) is 12.5 Å². The summed E-state index contributed by atoms with van der Waals surface area (Å²) in [5, 5.41) is 3.26. The van der Waals surface area contributed by atoms with Gasteiger partial charge in [0, 0.05) is 9.26 Å². The van der Waals surface area contributed by atoms with E-state index in [-0.39, 0.29) is 24.2 Å². The normalized spacial score (nSPS) is 30.7. The molecule has 0 spiro atoms. The smallest absolute Gasteiger partial charge is 0.331 e. The van der Waals surface area contributed by atoms with Crippen LogP contribution in [0.2, 0.25) is 0 Å². The van der Waals surface area contributed by atoms with E-state index in [0.717, 1.165) is 18.5 Å². The van der Waals surface area contributed by atoms with E-state index in [0.29, 0.717) is 6.61 Å². The van der Waals surface area contributed by atoms with Gasteiger partial charge in [0.25, 0.3) is 0 Å². The van der Waals surface area contributed by atoms with Crippen molar-refractivity contribution < 1.29 is 14.3 Å². The largest absolute Gasteiger partial charge is 0.434 e. The molecule has 4 nitrogen and oxygen atoms in total. The molecule has 0 bridgehead atoms. The first-order chi connectivity index (χ1) is 8.74. The monoisotopic (exact) mass is 359 g/mol. The maximum Gasteiger partial charge on any atom is 0.331 e. The average Bonchev–Trinajstić information content (AvgIpc) is 2.69. The Bertz CT molecular complexity index is 448. The van der Waals surface area contributed by atoms with E-state index in [2.05, 4.69) is 27.9 Å². The summed E-state index contributed by atoms with van der Waals surface area (Å²) in [5.74, 6) is -0.0732. The van der Waals surface area contributed by atoms with Crippen LogP contribution in [0.4, 0.5) is 5.69 Å². The molecule has 2 heterocycles. The molecule has 0 radical (unpaired) electrons. The Hall–Kier alpha value is -0.820. The van der Waals surface area contributed by atoms with E-state index in [1.807, 2.05) is 24.3 Å². The predicted molar refractivity (Wildman–Crippen MR) is 75.1 cm³/mol. The molecule has 0 amide bonds. The van der Waals surface area contributed by atoms with Gasteiger partial charge in [-0.25, -0.2) is 4.79 Å². The van der Waals surface area contributed by atoms with Crippen LogP contribution in [0.5, 0.6) is 0 Å². The molecule has 18 heavy (non-hydrogen) atoms. The second kappa shape index (κ2) is 5.05. The van der Waals surface area contributed by atoms with Gasteiger partial charge in [-0.1, -0.05) is 0 Å². The lowest BCUT2D eigenvalue weighted by Gasteiger charge is -2.26. The van der Waals surface area contributed by atoms with Gasteiger partial charge in [0.15, 0.2) is 0 Å². The summed E-state index contributed by atoms with van der Waals surface area (Å²) >= 11 is 2.26. The molecule has 3 atom stereocenters. The van der Waals surface area contributed by atoms with Crippen LogP contribution in [-0.4, -0.2) is 24.9 Å². The van der Waals surface area contributed by atoms with Crippen molar-refractivity contribution in [3.63, 3.8) is 0 Å². The van der Waals surface area contributed by atoms with E-state index in [1.165, 1.54) is 3.57 Å². The molecule has 1 aromatic rings. The lowest BCUT2D eigenvalue weighted by Crippen LogP contribution is -2.36. The standard InChI is InChI=1S/C13H14INO3/c14-8-3-5-9(6-4-8)15-11-10-2-1-7-17-13(10)18-12(11)16/h3-6,10-11,13,15H,1-2,7H2/t10-,11+,13-/m1/s1. The molecular weight excluding hydrogens is 345 g/mol. The predicted octanol–water partition coefficient (Wildman–Crippen LogP) is 2.38. The minimum absolute atomic E-state index is 0.130. The van der Waals surface area contributed by atoms with Gasteiger partial charge in [-0.05, 0) is 59.7 Å². The second-order valence-electron chi connectivity index (χ2n) is 4.61. The number of hydrogen-bond acceptors (Lipinski definition) is 4. The second-order valence-corrected chi connectivity index (χ2v) is 5.86. The summed E-state index contributed by atoms with van der Waals surface area (Å²) in [6.07, 6.45) is 1.61. The van der Waals surface area contributed by atoms with Crippen molar-refractivity contribution in [2.45, 2.75) is 25.2 Å². The molecule has 3 rings (SSSR count). The van der Waals surface area contributed by atoms with Crippen molar-refractivity contribution in [2.75, 3.05) is 11.9 Å². The van der Waals surface area contributed by atoms with Gasteiger partial charge in [0.1, 0.15) is 6.04 Å². The van der Waals surface area contributed by atoms with Crippen molar-refractivity contribution in [3.05, 3.63) is 27.8 Å². The van der Waals surface area contributed by atoms with Crippen LogP contribution in [0.1, 0.15) is 12.8 Å². The fourth-order valence-corrected chi connectivity index (χ4v) is 2.84. The molecule has 0 saturated carbocycles. The van der Waals surface area contributed by atoms with Crippen molar-refractivity contribution in [1.82, 2.24) is 0 Å². The number of anilines is 1. The maximum absolute atomic E-state index is 11.8. The third-order valence-corrected chi connectivity index (χ3v) is 4.11. The van der Waals surface area contributed by atoms with E-state index in [9.17, 15) is 4.79 Å². The number of esters is 1. The number of fused-ring (bicyclic) bond motifs is 1. The van der Waals surface area contributed by atoms with E-state index >= 15 is 0 Å². The van der Waals surface area contributed by atoms with Crippen LogP contribution in [-0.2, 0) is 14.3 Å². The fourth-order valence-electron chi connectivity index (χ4n) is 2.48. The molecule has 5 heteroatoms. The minimum Gasteiger partial charge on any atom is -0.434 e. The molecule has 2 saturated heterocycles. The zero-order valence-electron chi connectivity index (χ0n) is 9.77. The van der Waals surface area contributed by atoms with E-state index in [1.54, 1.807) is 0 Å². The highest BCUT2D eigenvalue weighted by molar-refractivity contribution is 14.1. The molecule has 96 valence electrons. The zero-order valence-corrected chi connectivity index (χ0v) is 11.9. The number of carbonyl (C=O) groups excluding carboxylic acids is 1. The van der Waals surface area contributed by atoms with E-state index < -0.39 is 0 Å². The molecule has 0 aliphatic carbocycles. The minimum atomic E-state index is -0.354. The zero-order chi connectivity index (χ0) is 12.5. The highest BCUT2D eigenvalue weighted by atomic mass is 127. The summed E-state index contributed by atoms with van der Waals surface area (Å²) < 4.78 is 11.9. The number of benzene rings is 1. The van der Waals surface area contributed by atoms with Gasteiger partial charge < -0.3 is 14.8 Å². The highest BCUT2D eigenvalue weighted by Crippen LogP contribution is 2.33. The van der Waals surface area contributed by atoms with Crippen molar-refractivity contribution >= 4 is 34.2 Å². The Labute approximate surface area is 119 Å². The third-order valence-electron chi connectivity index (χ3n) is 3.39. The van der Waals surface area contributed by atoms with Gasteiger partial charge in [-0.3, -0.25) is 0 Å². The topological polar surface area (TPSA) is 47.6 Å². The molecule has 2 aliphatic rings. The Morgan fingerprint density at radius 3 is 2.83 bits per heavy atom. The number of halogens is 1. The van der Waals surface area contributed by atoms with Crippen LogP contribution in [0.15, 0.2) is 24.3 Å². The summed E-state index contributed by atoms with van der Waals surface area (Å²) in [6.45, 7) is 0.685.